The summed E-state index contributed by atoms with van der Waals surface area (Å²) in [6, 6.07) is -0.0800. The van der Waals surface area contributed by atoms with E-state index in [1.165, 1.54) is 13.8 Å². The Morgan fingerprint density at radius 3 is 2.50 bits per heavy atom. The third kappa shape index (κ3) is 3.69. The van der Waals surface area contributed by atoms with Crippen LogP contribution in [0.25, 0.3) is 0 Å². The minimum atomic E-state index is -1.13. The summed E-state index contributed by atoms with van der Waals surface area (Å²) < 4.78 is 5.12. The van der Waals surface area contributed by atoms with Crippen molar-refractivity contribution in [3.05, 3.63) is 0 Å². The van der Waals surface area contributed by atoms with Crippen LogP contribution in [0.5, 0.6) is 0 Å². The first-order valence-corrected chi connectivity index (χ1v) is 4.03. The lowest BCUT2D eigenvalue weighted by atomic mass is 10.1. The molecule has 0 aromatic heterocycles. The molecule has 0 amide bonds. The van der Waals surface area contributed by atoms with Crippen LogP contribution in [0.15, 0.2) is 0 Å². The van der Waals surface area contributed by atoms with Gasteiger partial charge in [0.2, 0.25) is 0 Å². The zero-order chi connectivity index (χ0) is 9.78. The van der Waals surface area contributed by atoms with Gasteiger partial charge in [0.05, 0.1) is 6.61 Å². The highest BCUT2D eigenvalue weighted by molar-refractivity contribution is 5.76. The van der Waals surface area contributed by atoms with Crippen molar-refractivity contribution in [1.29, 1.82) is 0 Å². The molecule has 0 aliphatic heterocycles. The lowest BCUT2D eigenvalue weighted by Crippen LogP contribution is -2.39. The Bertz CT molecular complexity index is 156. The summed E-state index contributed by atoms with van der Waals surface area (Å²) in [6.07, 6.45) is 0.787. The van der Waals surface area contributed by atoms with E-state index in [0.717, 1.165) is 6.42 Å². The zero-order valence-electron chi connectivity index (χ0n) is 7.83. The van der Waals surface area contributed by atoms with Crippen LogP contribution >= 0.6 is 0 Å². The highest BCUT2D eigenvalue weighted by atomic mass is 16.5. The van der Waals surface area contributed by atoms with Gasteiger partial charge in [0.25, 0.3) is 0 Å². The van der Waals surface area contributed by atoms with Crippen LogP contribution in [0.2, 0.25) is 0 Å². The highest BCUT2D eigenvalue weighted by Crippen LogP contribution is 2.09. The van der Waals surface area contributed by atoms with Gasteiger partial charge in [0.15, 0.2) is 5.60 Å². The Kier molecular flexibility index (Phi) is 4.20. The summed E-state index contributed by atoms with van der Waals surface area (Å²) in [4.78, 5) is 10.6. The van der Waals surface area contributed by atoms with Crippen molar-refractivity contribution in [2.75, 3.05) is 6.61 Å². The van der Waals surface area contributed by atoms with Gasteiger partial charge in [-0.3, -0.25) is 0 Å². The van der Waals surface area contributed by atoms with Gasteiger partial charge < -0.3 is 15.6 Å². The molecule has 1 atom stereocenters. The van der Waals surface area contributed by atoms with Crippen LogP contribution < -0.4 is 5.73 Å². The number of aliphatic carboxylic acids is 1. The minimum absolute atomic E-state index is 0.0800. The van der Waals surface area contributed by atoms with Gasteiger partial charge in [-0.1, -0.05) is 6.92 Å². The third-order valence-corrected chi connectivity index (χ3v) is 1.70. The number of rotatable bonds is 5. The van der Waals surface area contributed by atoms with Gasteiger partial charge >= 0.3 is 5.97 Å². The van der Waals surface area contributed by atoms with Crippen LogP contribution in [-0.4, -0.2) is 29.3 Å². The summed E-state index contributed by atoms with van der Waals surface area (Å²) in [5.74, 6) is -0.967. The largest absolute Gasteiger partial charge is 0.479 e. The molecule has 3 N–H and O–H groups in total. The fourth-order valence-corrected chi connectivity index (χ4v) is 0.495. The second-order valence-corrected chi connectivity index (χ2v) is 3.29. The number of hydrogen-bond acceptors (Lipinski definition) is 3. The molecule has 0 aliphatic carbocycles. The molecule has 4 nitrogen and oxygen atoms in total. The van der Waals surface area contributed by atoms with Crippen molar-refractivity contribution >= 4 is 5.97 Å². The first-order chi connectivity index (χ1) is 5.40. The van der Waals surface area contributed by atoms with Gasteiger partial charge in [-0.25, -0.2) is 4.79 Å². The average molecular weight is 175 g/mol. The quantitative estimate of drug-likeness (QED) is 0.642. The summed E-state index contributed by atoms with van der Waals surface area (Å²) in [6.45, 7) is 5.24. The van der Waals surface area contributed by atoms with Gasteiger partial charge in [-0.15, -0.1) is 0 Å². The summed E-state index contributed by atoms with van der Waals surface area (Å²) in [7, 11) is 0. The molecule has 1 unspecified atom stereocenters. The second kappa shape index (κ2) is 4.42. The van der Waals surface area contributed by atoms with Crippen molar-refractivity contribution in [1.82, 2.24) is 0 Å². The van der Waals surface area contributed by atoms with E-state index in [0.29, 0.717) is 0 Å². The summed E-state index contributed by atoms with van der Waals surface area (Å²) in [5.41, 5.74) is 4.43. The molecule has 0 radical (unpaired) electrons. The molecule has 0 saturated heterocycles. The number of ether oxygens (including phenoxy) is 1. The first-order valence-electron chi connectivity index (χ1n) is 4.03. The maximum absolute atomic E-state index is 10.6. The zero-order valence-corrected chi connectivity index (χ0v) is 7.83. The van der Waals surface area contributed by atoms with E-state index in [1.807, 2.05) is 6.92 Å². The average Bonchev–Trinajstić information content (AvgIpc) is 2.00. The van der Waals surface area contributed by atoms with E-state index in [4.69, 9.17) is 15.6 Å². The molecule has 0 spiro atoms. The Hall–Kier alpha value is -0.610. The Morgan fingerprint density at radius 1 is 1.67 bits per heavy atom. The van der Waals surface area contributed by atoms with Gasteiger partial charge in [0, 0.05) is 6.04 Å². The number of nitrogens with two attached hydrogens (primary N) is 1. The van der Waals surface area contributed by atoms with E-state index in [9.17, 15) is 4.79 Å². The standard InChI is InChI=1S/C8H17NO3/c1-4-6(9)5-12-8(2,3)7(10)11/h6H,4-5,9H2,1-3H3,(H,10,11). The van der Waals surface area contributed by atoms with E-state index in [2.05, 4.69) is 0 Å². The lowest BCUT2D eigenvalue weighted by molar-refractivity contribution is -0.161. The highest BCUT2D eigenvalue weighted by Gasteiger charge is 2.28. The summed E-state index contributed by atoms with van der Waals surface area (Å²) >= 11 is 0. The topological polar surface area (TPSA) is 72.5 Å². The molecule has 0 aromatic rings. The van der Waals surface area contributed by atoms with Crippen molar-refractivity contribution in [2.24, 2.45) is 5.73 Å². The van der Waals surface area contributed by atoms with Gasteiger partial charge in [-0.2, -0.15) is 0 Å². The summed E-state index contributed by atoms with van der Waals surface area (Å²) in [5, 5.41) is 8.66. The molecule has 0 aliphatic rings. The van der Waals surface area contributed by atoms with E-state index in [1.54, 1.807) is 0 Å². The monoisotopic (exact) mass is 175 g/mol. The van der Waals surface area contributed by atoms with Crippen molar-refractivity contribution in [2.45, 2.75) is 38.8 Å². The van der Waals surface area contributed by atoms with E-state index in [-0.39, 0.29) is 12.6 Å². The molecule has 12 heavy (non-hydrogen) atoms. The van der Waals surface area contributed by atoms with Crippen LogP contribution in [0.3, 0.4) is 0 Å². The fraction of sp³-hybridized carbons (Fsp3) is 0.875. The Labute approximate surface area is 72.7 Å². The van der Waals surface area contributed by atoms with E-state index < -0.39 is 11.6 Å². The second-order valence-electron chi connectivity index (χ2n) is 3.29. The van der Waals surface area contributed by atoms with Crippen molar-refractivity contribution in [3.63, 3.8) is 0 Å². The van der Waals surface area contributed by atoms with Crippen LogP contribution in [0, 0.1) is 0 Å². The van der Waals surface area contributed by atoms with Crippen LogP contribution in [0.1, 0.15) is 27.2 Å². The van der Waals surface area contributed by atoms with Crippen LogP contribution in [0.4, 0.5) is 0 Å². The molecule has 0 fully saturated rings. The smallest absolute Gasteiger partial charge is 0.335 e. The Balaban J connectivity index is 3.83. The number of carbonyl (C=O) groups is 1. The first kappa shape index (κ1) is 11.4. The van der Waals surface area contributed by atoms with Gasteiger partial charge in [0.1, 0.15) is 0 Å². The van der Waals surface area contributed by atoms with Crippen LogP contribution in [-0.2, 0) is 9.53 Å². The number of carboxylic acids is 1. The molecule has 72 valence electrons. The molecule has 0 saturated carbocycles. The molecule has 0 aromatic carbocycles. The Morgan fingerprint density at radius 2 is 2.17 bits per heavy atom. The minimum Gasteiger partial charge on any atom is -0.479 e. The van der Waals surface area contributed by atoms with Crippen molar-refractivity contribution < 1.29 is 14.6 Å². The lowest BCUT2D eigenvalue weighted by Gasteiger charge is -2.21. The molecule has 0 heterocycles. The SMILES string of the molecule is CCC(N)COC(C)(C)C(=O)O. The number of carboxylic acid groups (broad SMARTS) is 1. The molecule has 0 bridgehead atoms. The molecular formula is C8H17NO3. The maximum atomic E-state index is 10.6. The third-order valence-electron chi connectivity index (χ3n) is 1.70. The normalized spacial score (nSPS) is 14.3. The maximum Gasteiger partial charge on any atom is 0.335 e. The molecule has 0 rings (SSSR count). The number of hydrogen-bond donors (Lipinski definition) is 2. The molecule has 4 heteroatoms. The predicted octanol–water partition coefficient (Wildman–Crippen LogP) is 0.603. The fourth-order valence-electron chi connectivity index (χ4n) is 0.495. The van der Waals surface area contributed by atoms with E-state index >= 15 is 0 Å². The predicted molar refractivity (Wildman–Crippen MR) is 45.9 cm³/mol. The van der Waals surface area contributed by atoms with Crippen molar-refractivity contribution in [3.8, 4) is 0 Å². The molecular weight excluding hydrogens is 158 g/mol. The van der Waals surface area contributed by atoms with Gasteiger partial charge in [-0.05, 0) is 20.3 Å².